The van der Waals surface area contributed by atoms with Crippen LogP contribution in [0.15, 0.2) is 23.1 Å². The fourth-order valence-electron chi connectivity index (χ4n) is 0.949. The largest absolute Gasteiger partial charge is 0.399 e. The number of nitrogen functional groups attached to an aromatic ring is 1. The van der Waals surface area contributed by atoms with Crippen molar-refractivity contribution in [1.29, 1.82) is 0 Å². The molecular weight excluding hydrogens is 197 g/mol. The lowest BCUT2D eigenvalue weighted by molar-refractivity contribution is 0.598. The molecule has 1 nitrogen and oxygen atoms in total. The number of nitrogens with two attached hydrogens (primary N) is 1. The average molecular weight is 213 g/mol. The highest BCUT2D eigenvalue weighted by Crippen LogP contribution is 2.30. The third-order valence-electron chi connectivity index (χ3n) is 2.21. The normalized spacial score (nSPS) is 13.2. The first-order chi connectivity index (χ1) is 6.50. The zero-order valence-electron chi connectivity index (χ0n) is 8.75. The molecule has 1 unspecified atom stereocenters. The molecule has 3 heteroatoms. The summed E-state index contributed by atoms with van der Waals surface area (Å²) in [5.41, 5.74) is 5.94. The lowest BCUT2D eigenvalue weighted by Crippen LogP contribution is -2.05. The van der Waals surface area contributed by atoms with Crippen LogP contribution in [0, 0.1) is 11.7 Å². The first kappa shape index (κ1) is 11.4. The number of hydrogen-bond acceptors (Lipinski definition) is 2. The van der Waals surface area contributed by atoms with Crippen molar-refractivity contribution in [3.8, 4) is 0 Å². The zero-order chi connectivity index (χ0) is 10.7. The summed E-state index contributed by atoms with van der Waals surface area (Å²) in [7, 11) is 0. The predicted molar refractivity (Wildman–Crippen MR) is 61.0 cm³/mol. The average Bonchev–Trinajstić information content (AvgIpc) is 2.09. The fraction of sp³-hybridized carbons (Fsp3) is 0.455. The van der Waals surface area contributed by atoms with Gasteiger partial charge in [-0.05, 0) is 24.1 Å². The Morgan fingerprint density at radius 3 is 2.43 bits per heavy atom. The maximum Gasteiger partial charge on any atom is 0.138 e. The highest BCUT2D eigenvalue weighted by atomic mass is 32.2. The number of thioether (sulfide) groups is 1. The molecule has 0 aliphatic heterocycles. The second kappa shape index (κ2) is 4.69. The van der Waals surface area contributed by atoms with Crippen LogP contribution in [0.1, 0.15) is 20.8 Å². The van der Waals surface area contributed by atoms with E-state index < -0.39 is 0 Å². The van der Waals surface area contributed by atoms with E-state index in [0.717, 1.165) is 0 Å². The minimum atomic E-state index is -0.220. The predicted octanol–water partition coefficient (Wildman–Crippen LogP) is 3.54. The molecule has 0 bridgehead atoms. The lowest BCUT2D eigenvalue weighted by Gasteiger charge is -2.15. The highest BCUT2D eigenvalue weighted by molar-refractivity contribution is 8.00. The molecule has 1 aromatic rings. The highest BCUT2D eigenvalue weighted by Gasteiger charge is 2.11. The summed E-state index contributed by atoms with van der Waals surface area (Å²) in [5.74, 6) is 0.319. The van der Waals surface area contributed by atoms with Gasteiger partial charge in [-0.15, -0.1) is 11.8 Å². The van der Waals surface area contributed by atoms with E-state index in [-0.39, 0.29) is 5.82 Å². The molecule has 1 aromatic carbocycles. The van der Waals surface area contributed by atoms with E-state index in [0.29, 0.717) is 21.8 Å². The van der Waals surface area contributed by atoms with Crippen molar-refractivity contribution in [3.05, 3.63) is 24.0 Å². The summed E-state index contributed by atoms with van der Waals surface area (Å²) < 4.78 is 13.4. The van der Waals surface area contributed by atoms with E-state index in [2.05, 4.69) is 20.8 Å². The quantitative estimate of drug-likeness (QED) is 0.614. The smallest absolute Gasteiger partial charge is 0.138 e. The van der Waals surface area contributed by atoms with Crippen molar-refractivity contribution in [2.45, 2.75) is 30.9 Å². The van der Waals surface area contributed by atoms with Crippen LogP contribution in [0.25, 0.3) is 0 Å². The Bertz CT molecular complexity index is 312. The molecule has 0 aliphatic rings. The number of benzene rings is 1. The Morgan fingerprint density at radius 2 is 1.93 bits per heavy atom. The standard InChI is InChI=1S/C11H16FNS/c1-7(2)8(3)14-11-5-4-9(13)6-10(11)12/h4-8H,13H2,1-3H3. The van der Waals surface area contributed by atoms with Crippen LogP contribution in [-0.2, 0) is 0 Å². The topological polar surface area (TPSA) is 26.0 Å². The van der Waals surface area contributed by atoms with Gasteiger partial charge < -0.3 is 5.73 Å². The number of hydrogen-bond donors (Lipinski definition) is 1. The number of halogens is 1. The van der Waals surface area contributed by atoms with E-state index >= 15 is 0 Å². The first-order valence-corrected chi connectivity index (χ1v) is 5.60. The Hall–Kier alpha value is -0.700. The van der Waals surface area contributed by atoms with Crippen LogP contribution < -0.4 is 5.73 Å². The van der Waals surface area contributed by atoms with E-state index in [1.165, 1.54) is 6.07 Å². The van der Waals surface area contributed by atoms with Gasteiger partial charge in [0.25, 0.3) is 0 Å². The third kappa shape index (κ3) is 2.91. The van der Waals surface area contributed by atoms with Crippen LogP contribution >= 0.6 is 11.8 Å². The molecule has 0 aliphatic carbocycles. The van der Waals surface area contributed by atoms with Gasteiger partial charge in [-0.2, -0.15) is 0 Å². The molecule has 0 radical (unpaired) electrons. The van der Waals surface area contributed by atoms with Gasteiger partial charge in [0.2, 0.25) is 0 Å². The van der Waals surface area contributed by atoms with Gasteiger partial charge >= 0.3 is 0 Å². The summed E-state index contributed by atoms with van der Waals surface area (Å²) in [6.45, 7) is 6.37. The molecule has 0 saturated heterocycles. The fourth-order valence-corrected chi connectivity index (χ4v) is 1.94. The van der Waals surface area contributed by atoms with Crippen molar-refractivity contribution >= 4 is 17.4 Å². The van der Waals surface area contributed by atoms with Crippen molar-refractivity contribution in [1.82, 2.24) is 0 Å². The minimum absolute atomic E-state index is 0.220. The molecule has 0 amide bonds. The van der Waals surface area contributed by atoms with Gasteiger partial charge in [0.1, 0.15) is 5.82 Å². The molecule has 78 valence electrons. The number of anilines is 1. The Balaban J connectivity index is 2.77. The molecule has 0 heterocycles. The lowest BCUT2D eigenvalue weighted by atomic mass is 10.2. The Morgan fingerprint density at radius 1 is 1.29 bits per heavy atom. The van der Waals surface area contributed by atoms with E-state index in [1.54, 1.807) is 23.9 Å². The summed E-state index contributed by atoms with van der Waals surface area (Å²) in [6.07, 6.45) is 0. The van der Waals surface area contributed by atoms with E-state index in [9.17, 15) is 4.39 Å². The van der Waals surface area contributed by atoms with Crippen LogP contribution in [0.3, 0.4) is 0 Å². The SMILES string of the molecule is CC(C)C(C)Sc1ccc(N)cc1F. The molecule has 0 saturated carbocycles. The van der Waals surface area contributed by atoms with Crippen LogP contribution in [0.4, 0.5) is 10.1 Å². The van der Waals surface area contributed by atoms with E-state index in [1.807, 2.05) is 0 Å². The molecule has 0 spiro atoms. The van der Waals surface area contributed by atoms with Crippen LogP contribution in [0.2, 0.25) is 0 Å². The third-order valence-corrected chi connectivity index (χ3v) is 3.71. The summed E-state index contributed by atoms with van der Waals surface area (Å²) >= 11 is 1.56. The van der Waals surface area contributed by atoms with Gasteiger partial charge in [-0.25, -0.2) is 4.39 Å². The van der Waals surface area contributed by atoms with E-state index in [4.69, 9.17) is 5.73 Å². The van der Waals surface area contributed by atoms with Crippen LogP contribution in [-0.4, -0.2) is 5.25 Å². The second-order valence-electron chi connectivity index (χ2n) is 3.76. The molecule has 2 N–H and O–H groups in total. The number of rotatable bonds is 3. The summed E-state index contributed by atoms with van der Waals surface area (Å²) in [5, 5.41) is 0.410. The molecule has 0 fully saturated rings. The molecule has 14 heavy (non-hydrogen) atoms. The van der Waals surface area contributed by atoms with Gasteiger partial charge in [-0.3, -0.25) is 0 Å². The molecular formula is C11H16FNS. The maximum atomic E-state index is 13.4. The summed E-state index contributed by atoms with van der Waals surface area (Å²) in [6, 6.07) is 4.85. The Labute approximate surface area is 88.9 Å². The second-order valence-corrected chi connectivity index (χ2v) is 5.18. The van der Waals surface area contributed by atoms with Crippen molar-refractivity contribution in [2.24, 2.45) is 5.92 Å². The van der Waals surface area contributed by atoms with Crippen molar-refractivity contribution < 1.29 is 4.39 Å². The minimum Gasteiger partial charge on any atom is -0.399 e. The van der Waals surface area contributed by atoms with Gasteiger partial charge in [0.05, 0.1) is 0 Å². The van der Waals surface area contributed by atoms with Gasteiger partial charge in [-0.1, -0.05) is 20.8 Å². The maximum absolute atomic E-state index is 13.4. The zero-order valence-corrected chi connectivity index (χ0v) is 9.57. The molecule has 1 rings (SSSR count). The Kier molecular flexibility index (Phi) is 3.81. The molecule has 1 atom stereocenters. The van der Waals surface area contributed by atoms with Gasteiger partial charge in [0.15, 0.2) is 0 Å². The summed E-state index contributed by atoms with van der Waals surface area (Å²) in [4.78, 5) is 0.681. The van der Waals surface area contributed by atoms with Crippen LogP contribution in [0.5, 0.6) is 0 Å². The molecule has 0 aromatic heterocycles. The van der Waals surface area contributed by atoms with Crippen molar-refractivity contribution in [2.75, 3.05) is 5.73 Å². The van der Waals surface area contributed by atoms with Gasteiger partial charge in [0, 0.05) is 15.8 Å². The first-order valence-electron chi connectivity index (χ1n) is 4.72. The monoisotopic (exact) mass is 213 g/mol. The van der Waals surface area contributed by atoms with Crippen molar-refractivity contribution in [3.63, 3.8) is 0 Å².